The summed E-state index contributed by atoms with van der Waals surface area (Å²) in [6.45, 7) is 9.25. The second kappa shape index (κ2) is 5.58. The van der Waals surface area contributed by atoms with Crippen molar-refractivity contribution in [2.45, 2.75) is 70.4 Å². The average molecular weight is 280 g/mol. The molecule has 1 saturated heterocycles. The van der Waals surface area contributed by atoms with Gasteiger partial charge in [-0.2, -0.15) is 0 Å². The van der Waals surface area contributed by atoms with Crippen molar-refractivity contribution in [2.75, 3.05) is 26.2 Å². The lowest BCUT2D eigenvalue weighted by atomic mass is 9.71. The quantitative estimate of drug-likeness (QED) is 0.812. The summed E-state index contributed by atoms with van der Waals surface area (Å²) in [5, 5.41) is 14.4. The zero-order chi connectivity index (χ0) is 14.2. The van der Waals surface area contributed by atoms with E-state index in [4.69, 9.17) is 0 Å². The molecule has 0 aromatic heterocycles. The van der Waals surface area contributed by atoms with Crippen molar-refractivity contribution in [1.82, 2.24) is 10.2 Å². The lowest BCUT2D eigenvalue weighted by Crippen LogP contribution is -2.55. The van der Waals surface area contributed by atoms with Crippen molar-refractivity contribution in [1.29, 1.82) is 0 Å². The first-order valence-corrected chi connectivity index (χ1v) is 8.65. The fourth-order valence-corrected chi connectivity index (χ4v) is 4.15. The standard InChI is InChI=1S/C17H32N2O/c1-16(2,12-18-15-6-7-15)13-19-10-9-17(20)8-4-3-5-14(17)11-19/h14-15,18,20H,3-13H2,1-2H3. The summed E-state index contributed by atoms with van der Waals surface area (Å²) in [6.07, 6.45) is 8.54. The number of likely N-dealkylation sites (tertiary alicyclic amines) is 1. The van der Waals surface area contributed by atoms with Crippen LogP contribution in [0.15, 0.2) is 0 Å². The van der Waals surface area contributed by atoms with E-state index < -0.39 is 0 Å². The van der Waals surface area contributed by atoms with E-state index >= 15 is 0 Å². The number of fused-ring (bicyclic) bond motifs is 1. The largest absolute Gasteiger partial charge is 0.390 e. The normalized spacial score (nSPS) is 35.9. The van der Waals surface area contributed by atoms with Crippen molar-refractivity contribution >= 4 is 0 Å². The smallest absolute Gasteiger partial charge is 0.0700 e. The van der Waals surface area contributed by atoms with Crippen LogP contribution in [-0.2, 0) is 0 Å². The lowest BCUT2D eigenvalue weighted by molar-refractivity contribution is -0.0995. The van der Waals surface area contributed by atoms with Crippen LogP contribution in [0.2, 0.25) is 0 Å². The fourth-order valence-electron chi connectivity index (χ4n) is 4.15. The Morgan fingerprint density at radius 2 is 2.00 bits per heavy atom. The molecule has 3 fully saturated rings. The monoisotopic (exact) mass is 280 g/mol. The van der Waals surface area contributed by atoms with Crippen LogP contribution < -0.4 is 5.32 Å². The maximum absolute atomic E-state index is 10.8. The van der Waals surface area contributed by atoms with Crippen LogP contribution in [0.1, 0.15) is 58.8 Å². The van der Waals surface area contributed by atoms with Crippen LogP contribution in [0.4, 0.5) is 0 Å². The van der Waals surface area contributed by atoms with Gasteiger partial charge < -0.3 is 15.3 Å². The van der Waals surface area contributed by atoms with Crippen molar-refractivity contribution in [3.8, 4) is 0 Å². The summed E-state index contributed by atoms with van der Waals surface area (Å²) in [5.74, 6) is 0.525. The van der Waals surface area contributed by atoms with Gasteiger partial charge >= 0.3 is 0 Å². The molecule has 1 heterocycles. The molecule has 0 bridgehead atoms. The number of aliphatic hydroxyl groups is 1. The molecule has 0 amide bonds. The number of nitrogens with one attached hydrogen (secondary N) is 1. The van der Waals surface area contributed by atoms with Crippen LogP contribution in [0.25, 0.3) is 0 Å². The summed E-state index contributed by atoms with van der Waals surface area (Å²) in [6, 6.07) is 0.805. The van der Waals surface area contributed by atoms with E-state index in [-0.39, 0.29) is 5.60 Å². The fraction of sp³-hybridized carbons (Fsp3) is 1.00. The first-order valence-electron chi connectivity index (χ1n) is 8.65. The zero-order valence-corrected chi connectivity index (χ0v) is 13.3. The van der Waals surface area contributed by atoms with Crippen molar-refractivity contribution in [3.63, 3.8) is 0 Å². The molecule has 2 aliphatic carbocycles. The maximum atomic E-state index is 10.8. The van der Waals surface area contributed by atoms with Crippen molar-refractivity contribution < 1.29 is 5.11 Å². The molecule has 116 valence electrons. The van der Waals surface area contributed by atoms with Gasteiger partial charge in [-0.1, -0.05) is 26.7 Å². The minimum absolute atomic E-state index is 0.328. The van der Waals surface area contributed by atoms with Crippen molar-refractivity contribution in [3.05, 3.63) is 0 Å². The number of nitrogens with zero attached hydrogens (tertiary/aromatic N) is 1. The third-order valence-corrected chi connectivity index (χ3v) is 5.61. The van der Waals surface area contributed by atoms with Gasteiger partial charge in [0, 0.05) is 38.1 Å². The van der Waals surface area contributed by atoms with Gasteiger partial charge in [-0.3, -0.25) is 0 Å². The maximum Gasteiger partial charge on any atom is 0.0700 e. The Balaban J connectivity index is 1.50. The van der Waals surface area contributed by atoms with E-state index in [9.17, 15) is 5.11 Å². The highest BCUT2D eigenvalue weighted by Gasteiger charge is 2.43. The van der Waals surface area contributed by atoms with E-state index in [0.29, 0.717) is 11.3 Å². The Morgan fingerprint density at radius 1 is 1.20 bits per heavy atom. The summed E-state index contributed by atoms with van der Waals surface area (Å²) >= 11 is 0. The van der Waals surface area contributed by atoms with E-state index in [2.05, 4.69) is 24.1 Å². The highest BCUT2D eigenvalue weighted by molar-refractivity contribution is 4.96. The van der Waals surface area contributed by atoms with Crippen LogP contribution in [0.5, 0.6) is 0 Å². The van der Waals surface area contributed by atoms with Gasteiger partial charge in [-0.25, -0.2) is 0 Å². The van der Waals surface area contributed by atoms with Crippen LogP contribution in [-0.4, -0.2) is 47.8 Å². The van der Waals surface area contributed by atoms with Gasteiger partial charge in [0.25, 0.3) is 0 Å². The molecule has 3 nitrogen and oxygen atoms in total. The molecule has 3 rings (SSSR count). The Bertz CT molecular complexity index is 340. The molecular weight excluding hydrogens is 248 g/mol. The summed E-state index contributed by atoms with van der Waals surface area (Å²) in [7, 11) is 0. The number of hydrogen-bond donors (Lipinski definition) is 2. The summed E-state index contributed by atoms with van der Waals surface area (Å²) in [5.41, 5.74) is 0.0118. The molecule has 2 atom stereocenters. The van der Waals surface area contributed by atoms with Gasteiger partial charge in [0.05, 0.1) is 5.60 Å². The van der Waals surface area contributed by atoms with E-state index in [0.717, 1.165) is 38.5 Å². The molecule has 0 spiro atoms. The van der Waals surface area contributed by atoms with Crippen LogP contribution in [0, 0.1) is 11.3 Å². The van der Waals surface area contributed by atoms with Gasteiger partial charge in [0.15, 0.2) is 0 Å². The molecule has 2 N–H and O–H groups in total. The molecule has 0 aromatic rings. The summed E-state index contributed by atoms with van der Waals surface area (Å²) < 4.78 is 0. The predicted octanol–water partition coefficient (Wildman–Crippen LogP) is 2.39. The molecule has 2 unspecified atom stereocenters. The first-order chi connectivity index (χ1) is 9.47. The Hall–Kier alpha value is -0.120. The number of rotatable bonds is 5. The SMILES string of the molecule is CC(C)(CNC1CC1)CN1CCC2(O)CCCCC2C1. The predicted molar refractivity (Wildman–Crippen MR) is 82.8 cm³/mol. The van der Waals surface area contributed by atoms with E-state index in [1.165, 1.54) is 38.6 Å². The third kappa shape index (κ3) is 3.55. The molecule has 2 saturated carbocycles. The van der Waals surface area contributed by atoms with Crippen LogP contribution in [0.3, 0.4) is 0 Å². The van der Waals surface area contributed by atoms with Gasteiger partial charge in [0.2, 0.25) is 0 Å². The van der Waals surface area contributed by atoms with E-state index in [1.807, 2.05) is 0 Å². The zero-order valence-electron chi connectivity index (χ0n) is 13.3. The van der Waals surface area contributed by atoms with Crippen molar-refractivity contribution in [2.24, 2.45) is 11.3 Å². The topological polar surface area (TPSA) is 35.5 Å². The Kier molecular flexibility index (Phi) is 4.13. The Labute approximate surface area is 124 Å². The molecule has 3 heteroatoms. The summed E-state index contributed by atoms with van der Waals surface area (Å²) in [4.78, 5) is 2.61. The minimum atomic E-state index is -0.328. The third-order valence-electron chi connectivity index (χ3n) is 5.61. The van der Waals surface area contributed by atoms with Gasteiger partial charge in [0.1, 0.15) is 0 Å². The number of hydrogen-bond acceptors (Lipinski definition) is 3. The van der Waals surface area contributed by atoms with E-state index in [1.54, 1.807) is 0 Å². The molecule has 0 aromatic carbocycles. The minimum Gasteiger partial charge on any atom is -0.390 e. The molecular formula is C17H32N2O. The number of piperidine rings is 1. The van der Waals surface area contributed by atoms with Crippen LogP contribution >= 0.6 is 0 Å². The first kappa shape index (κ1) is 14.8. The lowest BCUT2D eigenvalue weighted by Gasteiger charge is -2.49. The molecule has 0 radical (unpaired) electrons. The second-order valence-electron chi connectivity index (χ2n) is 8.35. The Morgan fingerprint density at radius 3 is 2.75 bits per heavy atom. The van der Waals surface area contributed by atoms with Gasteiger partial charge in [-0.15, -0.1) is 0 Å². The molecule has 3 aliphatic rings. The van der Waals surface area contributed by atoms with Gasteiger partial charge in [-0.05, 0) is 37.5 Å². The average Bonchev–Trinajstić information content (AvgIpc) is 3.21. The molecule has 1 aliphatic heterocycles. The highest BCUT2D eigenvalue weighted by Crippen LogP contribution is 2.40. The second-order valence-corrected chi connectivity index (χ2v) is 8.35. The highest BCUT2D eigenvalue weighted by atomic mass is 16.3. The molecule has 20 heavy (non-hydrogen) atoms.